The summed E-state index contributed by atoms with van der Waals surface area (Å²) in [6.45, 7) is 7.55. The van der Waals surface area contributed by atoms with Crippen molar-refractivity contribution in [1.82, 2.24) is 14.8 Å². The van der Waals surface area contributed by atoms with Gasteiger partial charge in [-0.25, -0.2) is 9.37 Å². The summed E-state index contributed by atoms with van der Waals surface area (Å²) in [4.78, 5) is 9.38. The van der Waals surface area contributed by atoms with Gasteiger partial charge in [0.2, 0.25) is 0 Å². The predicted molar refractivity (Wildman–Crippen MR) is 96.9 cm³/mol. The summed E-state index contributed by atoms with van der Waals surface area (Å²) < 4.78 is 19.1. The van der Waals surface area contributed by atoms with Crippen LogP contribution in [0.1, 0.15) is 17.0 Å². The molecule has 3 heterocycles. The third-order valence-corrected chi connectivity index (χ3v) is 5.96. The predicted octanol–water partition coefficient (Wildman–Crippen LogP) is 3.01. The van der Waals surface area contributed by atoms with Crippen LogP contribution in [0, 0.1) is 11.2 Å². The van der Waals surface area contributed by atoms with Crippen molar-refractivity contribution < 1.29 is 9.13 Å². The van der Waals surface area contributed by atoms with E-state index in [1.54, 1.807) is 23.5 Å². The van der Waals surface area contributed by atoms with Crippen LogP contribution in [0.25, 0.3) is 0 Å². The highest BCUT2D eigenvalue weighted by Crippen LogP contribution is 2.34. The Labute approximate surface area is 152 Å². The lowest BCUT2D eigenvalue weighted by Crippen LogP contribution is -2.40. The minimum Gasteiger partial charge on any atom is -0.379 e. The zero-order chi connectivity index (χ0) is 17.1. The Morgan fingerprint density at radius 2 is 1.92 bits per heavy atom. The Hall–Kier alpha value is -1.34. The summed E-state index contributed by atoms with van der Waals surface area (Å²) in [6.07, 6.45) is 3.04. The van der Waals surface area contributed by atoms with Gasteiger partial charge < -0.3 is 4.74 Å². The number of aromatic nitrogens is 1. The minimum absolute atomic E-state index is 0.173. The van der Waals surface area contributed by atoms with Crippen LogP contribution in [-0.4, -0.2) is 54.2 Å². The molecule has 1 atom stereocenters. The number of likely N-dealkylation sites (tertiary alicyclic amines) is 1. The zero-order valence-electron chi connectivity index (χ0n) is 14.4. The average molecular weight is 361 g/mol. The van der Waals surface area contributed by atoms with Crippen LogP contribution in [0.15, 0.2) is 35.8 Å². The van der Waals surface area contributed by atoms with E-state index in [4.69, 9.17) is 4.74 Å². The fraction of sp³-hybridized carbons (Fsp3) is 0.526. The summed E-state index contributed by atoms with van der Waals surface area (Å²) in [5.41, 5.74) is 1.37. The van der Waals surface area contributed by atoms with Gasteiger partial charge >= 0.3 is 0 Å². The van der Waals surface area contributed by atoms with Gasteiger partial charge in [-0.05, 0) is 30.7 Å². The number of hydrogen-bond donors (Lipinski definition) is 0. The number of thiazole rings is 1. The van der Waals surface area contributed by atoms with E-state index >= 15 is 0 Å². The molecular weight excluding hydrogens is 337 g/mol. The first-order valence-corrected chi connectivity index (χ1v) is 9.74. The molecule has 6 heteroatoms. The highest BCUT2D eigenvalue weighted by Gasteiger charge is 2.41. The molecule has 0 aliphatic carbocycles. The Morgan fingerprint density at radius 1 is 1.12 bits per heavy atom. The van der Waals surface area contributed by atoms with E-state index in [1.807, 2.05) is 23.7 Å². The molecule has 0 bridgehead atoms. The standard InChI is InChI=1S/C19H24FN3OS/c20-17-3-1-16(2-4-17)11-23-8-9-24-15-19(14-23)5-7-22(13-19)12-18-21-6-10-25-18/h1-4,6,10H,5,7-9,11-15H2/t19-/m0/s1. The lowest BCUT2D eigenvalue weighted by atomic mass is 9.87. The molecule has 0 saturated carbocycles. The van der Waals surface area contributed by atoms with Crippen molar-refractivity contribution in [2.75, 3.05) is 39.4 Å². The maximum absolute atomic E-state index is 13.1. The number of hydrogen-bond acceptors (Lipinski definition) is 5. The van der Waals surface area contributed by atoms with E-state index in [1.165, 1.54) is 5.01 Å². The molecule has 4 nitrogen and oxygen atoms in total. The normalized spacial score (nSPS) is 25.5. The van der Waals surface area contributed by atoms with Crippen molar-refractivity contribution in [2.45, 2.75) is 19.5 Å². The largest absolute Gasteiger partial charge is 0.379 e. The molecule has 2 aromatic rings. The molecule has 1 aromatic carbocycles. The number of rotatable bonds is 4. The van der Waals surface area contributed by atoms with Crippen molar-refractivity contribution in [3.63, 3.8) is 0 Å². The van der Waals surface area contributed by atoms with Crippen molar-refractivity contribution in [3.05, 3.63) is 52.2 Å². The molecule has 2 fully saturated rings. The molecule has 0 amide bonds. The van der Waals surface area contributed by atoms with E-state index < -0.39 is 0 Å². The maximum atomic E-state index is 13.1. The minimum atomic E-state index is -0.173. The average Bonchev–Trinajstić information content (AvgIpc) is 3.20. The van der Waals surface area contributed by atoms with Crippen LogP contribution >= 0.6 is 11.3 Å². The van der Waals surface area contributed by atoms with E-state index in [0.717, 1.165) is 64.5 Å². The molecule has 134 valence electrons. The van der Waals surface area contributed by atoms with Crippen molar-refractivity contribution >= 4 is 11.3 Å². The van der Waals surface area contributed by atoms with E-state index in [9.17, 15) is 4.39 Å². The quantitative estimate of drug-likeness (QED) is 0.837. The summed E-state index contributed by atoms with van der Waals surface area (Å²) >= 11 is 1.73. The molecule has 0 radical (unpaired) electrons. The van der Waals surface area contributed by atoms with Gasteiger partial charge in [0, 0.05) is 43.2 Å². The van der Waals surface area contributed by atoms with Crippen LogP contribution in [0.5, 0.6) is 0 Å². The van der Waals surface area contributed by atoms with Gasteiger partial charge in [-0.3, -0.25) is 9.80 Å². The maximum Gasteiger partial charge on any atom is 0.123 e. The van der Waals surface area contributed by atoms with Gasteiger partial charge in [0.1, 0.15) is 10.8 Å². The first-order chi connectivity index (χ1) is 12.2. The summed E-state index contributed by atoms with van der Waals surface area (Å²) in [7, 11) is 0. The second-order valence-corrected chi connectivity index (χ2v) is 8.26. The lowest BCUT2D eigenvalue weighted by Gasteiger charge is -2.32. The molecule has 1 aromatic heterocycles. The molecule has 25 heavy (non-hydrogen) atoms. The molecule has 2 aliphatic heterocycles. The van der Waals surface area contributed by atoms with Crippen LogP contribution in [0.2, 0.25) is 0 Å². The summed E-state index contributed by atoms with van der Waals surface area (Å²) in [6, 6.07) is 6.86. The van der Waals surface area contributed by atoms with Gasteiger partial charge in [0.15, 0.2) is 0 Å². The van der Waals surface area contributed by atoms with Crippen molar-refractivity contribution in [1.29, 1.82) is 0 Å². The number of halogens is 1. The van der Waals surface area contributed by atoms with Crippen LogP contribution < -0.4 is 0 Å². The molecule has 4 rings (SSSR count). The fourth-order valence-electron chi connectivity index (χ4n) is 4.00. The van der Waals surface area contributed by atoms with Gasteiger partial charge in [-0.15, -0.1) is 11.3 Å². The first-order valence-electron chi connectivity index (χ1n) is 8.86. The van der Waals surface area contributed by atoms with Crippen LogP contribution in [0.3, 0.4) is 0 Å². The second-order valence-electron chi connectivity index (χ2n) is 7.28. The highest BCUT2D eigenvalue weighted by molar-refractivity contribution is 7.09. The third-order valence-electron chi connectivity index (χ3n) is 5.20. The van der Waals surface area contributed by atoms with E-state index in [-0.39, 0.29) is 11.2 Å². The van der Waals surface area contributed by atoms with Gasteiger partial charge in [0.25, 0.3) is 0 Å². The molecule has 0 N–H and O–H groups in total. The zero-order valence-corrected chi connectivity index (χ0v) is 15.2. The smallest absolute Gasteiger partial charge is 0.123 e. The number of nitrogens with zero attached hydrogens (tertiary/aromatic N) is 3. The van der Waals surface area contributed by atoms with Gasteiger partial charge in [-0.1, -0.05) is 12.1 Å². The van der Waals surface area contributed by atoms with Crippen molar-refractivity contribution in [2.24, 2.45) is 5.41 Å². The highest BCUT2D eigenvalue weighted by atomic mass is 32.1. The lowest BCUT2D eigenvalue weighted by molar-refractivity contribution is 0.0706. The molecule has 0 unspecified atom stereocenters. The monoisotopic (exact) mass is 361 g/mol. The molecular formula is C19H24FN3OS. The SMILES string of the molecule is Fc1ccc(CN2CCOC[C@]3(CCN(Cc4nccs4)C3)C2)cc1. The Balaban J connectivity index is 1.40. The van der Waals surface area contributed by atoms with Gasteiger partial charge in [0.05, 0.1) is 19.8 Å². The van der Waals surface area contributed by atoms with Crippen LogP contribution in [0.4, 0.5) is 4.39 Å². The fourth-order valence-corrected chi connectivity index (χ4v) is 4.65. The number of ether oxygens (including phenoxy) is 1. The molecule has 1 spiro atoms. The van der Waals surface area contributed by atoms with E-state index in [2.05, 4.69) is 14.8 Å². The number of benzene rings is 1. The van der Waals surface area contributed by atoms with Crippen LogP contribution in [-0.2, 0) is 17.8 Å². The molecule has 2 aliphatic rings. The topological polar surface area (TPSA) is 28.6 Å². The summed E-state index contributed by atoms with van der Waals surface area (Å²) in [5, 5.41) is 3.23. The van der Waals surface area contributed by atoms with E-state index in [0.29, 0.717) is 0 Å². The van der Waals surface area contributed by atoms with Gasteiger partial charge in [-0.2, -0.15) is 0 Å². The molecule has 2 saturated heterocycles. The second kappa shape index (κ2) is 7.50. The third kappa shape index (κ3) is 4.26. The summed E-state index contributed by atoms with van der Waals surface area (Å²) in [5.74, 6) is -0.173. The Morgan fingerprint density at radius 3 is 2.68 bits per heavy atom. The Kier molecular flexibility index (Phi) is 5.12. The first kappa shape index (κ1) is 17.1. The Bertz CT molecular complexity index is 678. The van der Waals surface area contributed by atoms with Crippen molar-refractivity contribution in [3.8, 4) is 0 Å².